The molecular formula is C14H14N2O4. The first-order valence-electron chi connectivity index (χ1n) is 5.95. The van der Waals surface area contributed by atoms with Crippen LogP contribution < -0.4 is 10.6 Å². The summed E-state index contributed by atoms with van der Waals surface area (Å²) in [6, 6.07) is 10.2. The number of methoxy groups -OCH3 is 1. The van der Waals surface area contributed by atoms with E-state index in [1.165, 1.54) is 13.4 Å². The molecule has 20 heavy (non-hydrogen) atoms. The second kappa shape index (κ2) is 6.42. The van der Waals surface area contributed by atoms with Gasteiger partial charge < -0.3 is 19.8 Å². The van der Waals surface area contributed by atoms with Crippen LogP contribution >= 0.6 is 0 Å². The van der Waals surface area contributed by atoms with E-state index in [0.29, 0.717) is 17.1 Å². The predicted molar refractivity (Wildman–Crippen MR) is 73.5 cm³/mol. The zero-order valence-electron chi connectivity index (χ0n) is 10.9. The molecule has 2 aromatic rings. The summed E-state index contributed by atoms with van der Waals surface area (Å²) in [6.45, 7) is 0. The average Bonchev–Trinajstić information content (AvgIpc) is 2.86. The van der Waals surface area contributed by atoms with Crippen molar-refractivity contribution < 1.29 is 18.7 Å². The van der Waals surface area contributed by atoms with Gasteiger partial charge in [-0.1, -0.05) is 18.2 Å². The van der Waals surface area contributed by atoms with E-state index >= 15 is 0 Å². The number of amides is 2. The summed E-state index contributed by atoms with van der Waals surface area (Å²) < 4.78 is 9.70. The van der Waals surface area contributed by atoms with Crippen molar-refractivity contribution in [3.05, 3.63) is 48.4 Å². The van der Waals surface area contributed by atoms with E-state index in [0.717, 1.165) is 0 Å². The Kier molecular flexibility index (Phi) is 4.39. The molecule has 2 amide bonds. The molecule has 6 nitrogen and oxygen atoms in total. The molecule has 0 saturated heterocycles. The largest absolute Gasteiger partial charge is 0.469 e. The number of ether oxygens (including phenoxy) is 1. The van der Waals surface area contributed by atoms with Crippen molar-refractivity contribution >= 4 is 23.4 Å². The maximum absolute atomic E-state index is 11.8. The fourth-order valence-electron chi connectivity index (χ4n) is 1.60. The highest BCUT2D eigenvalue weighted by Crippen LogP contribution is 2.18. The number of rotatable bonds is 4. The van der Waals surface area contributed by atoms with Gasteiger partial charge in [0.2, 0.25) is 0 Å². The first-order valence-corrected chi connectivity index (χ1v) is 5.95. The summed E-state index contributed by atoms with van der Waals surface area (Å²) in [5.41, 5.74) is 1.10. The first kappa shape index (κ1) is 13.7. The minimum Gasteiger partial charge on any atom is -0.469 e. The van der Waals surface area contributed by atoms with Crippen molar-refractivity contribution in [1.29, 1.82) is 0 Å². The van der Waals surface area contributed by atoms with Gasteiger partial charge >= 0.3 is 12.0 Å². The second-order valence-electron chi connectivity index (χ2n) is 3.96. The molecule has 0 aliphatic rings. The number of nitrogens with one attached hydrogen (secondary N) is 2. The lowest BCUT2D eigenvalue weighted by atomic mass is 10.3. The highest BCUT2D eigenvalue weighted by atomic mass is 16.5. The highest BCUT2D eigenvalue weighted by Gasteiger charge is 2.13. The minimum absolute atomic E-state index is 0.0373. The molecule has 0 atom stereocenters. The van der Waals surface area contributed by atoms with E-state index in [9.17, 15) is 9.59 Å². The number of hydrogen-bond donors (Lipinski definition) is 2. The van der Waals surface area contributed by atoms with E-state index in [1.807, 2.05) is 18.2 Å². The zero-order chi connectivity index (χ0) is 14.4. The van der Waals surface area contributed by atoms with E-state index in [4.69, 9.17) is 4.42 Å². The van der Waals surface area contributed by atoms with Gasteiger partial charge in [0.05, 0.1) is 19.1 Å². The van der Waals surface area contributed by atoms with Crippen LogP contribution in [0.4, 0.5) is 16.2 Å². The summed E-state index contributed by atoms with van der Waals surface area (Å²) in [7, 11) is 1.29. The van der Waals surface area contributed by atoms with Crippen LogP contribution in [0.3, 0.4) is 0 Å². The van der Waals surface area contributed by atoms with Crippen molar-refractivity contribution in [2.24, 2.45) is 0 Å². The number of furan rings is 1. The Balaban J connectivity index is 1.98. The van der Waals surface area contributed by atoms with Crippen molar-refractivity contribution in [3.8, 4) is 0 Å². The molecule has 0 spiro atoms. The normalized spacial score (nSPS) is 9.85. The monoisotopic (exact) mass is 274 g/mol. The van der Waals surface area contributed by atoms with Crippen molar-refractivity contribution in [3.63, 3.8) is 0 Å². The molecule has 0 unspecified atom stereocenters. The van der Waals surface area contributed by atoms with Gasteiger partial charge in [-0.05, 0) is 12.1 Å². The number of hydrogen-bond acceptors (Lipinski definition) is 4. The van der Waals surface area contributed by atoms with Crippen molar-refractivity contribution in [1.82, 2.24) is 0 Å². The fraction of sp³-hybridized carbons (Fsp3) is 0.143. The highest BCUT2D eigenvalue weighted by molar-refractivity contribution is 6.00. The molecule has 1 heterocycles. The quantitative estimate of drug-likeness (QED) is 0.840. The molecule has 1 aromatic carbocycles. The molecule has 104 valence electrons. The van der Waals surface area contributed by atoms with Crippen molar-refractivity contribution in [2.45, 2.75) is 6.42 Å². The SMILES string of the molecule is COC(=O)Cc1occc1NC(=O)Nc1ccccc1. The summed E-state index contributed by atoms with van der Waals surface area (Å²) in [6.07, 6.45) is 1.36. The molecule has 0 aliphatic heterocycles. The summed E-state index contributed by atoms with van der Waals surface area (Å²) in [5.74, 6) is -0.0912. The van der Waals surface area contributed by atoms with E-state index < -0.39 is 12.0 Å². The van der Waals surface area contributed by atoms with Crippen LogP contribution in [-0.4, -0.2) is 19.1 Å². The molecule has 0 radical (unpaired) electrons. The molecule has 2 N–H and O–H groups in total. The Morgan fingerprint density at radius 2 is 1.90 bits per heavy atom. The molecule has 2 rings (SSSR count). The van der Waals surface area contributed by atoms with Crippen LogP contribution in [0.15, 0.2) is 47.1 Å². The van der Waals surface area contributed by atoms with Crippen LogP contribution in [0.1, 0.15) is 5.76 Å². The number of urea groups is 1. The van der Waals surface area contributed by atoms with Crippen LogP contribution in [0.2, 0.25) is 0 Å². The number of carbonyl (C=O) groups is 2. The van der Waals surface area contributed by atoms with Gasteiger partial charge in [-0.2, -0.15) is 0 Å². The Morgan fingerprint density at radius 1 is 1.15 bits per heavy atom. The number of benzene rings is 1. The van der Waals surface area contributed by atoms with Crippen molar-refractivity contribution in [2.75, 3.05) is 17.7 Å². The van der Waals surface area contributed by atoms with Gasteiger partial charge in [0.15, 0.2) is 0 Å². The Hall–Kier alpha value is -2.76. The molecule has 0 fully saturated rings. The Labute approximate surface area is 115 Å². The summed E-state index contributed by atoms with van der Waals surface area (Å²) >= 11 is 0. The minimum atomic E-state index is -0.438. The lowest BCUT2D eigenvalue weighted by Crippen LogP contribution is -2.20. The molecule has 0 saturated carbocycles. The van der Waals surface area contributed by atoms with Gasteiger partial charge in [0, 0.05) is 11.8 Å². The van der Waals surface area contributed by atoms with E-state index in [1.54, 1.807) is 18.2 Å². The van der Waals surface area contributed by atoms with E-state index in [2.05, 4.69) is 15.4 Å². The standard InChI is InChI=1S/C14H14N2O4/c1-19-13(17)9-12-11(7-8-20-12)16-14(18)15-10-5-3-2-4-6-10/h2-8H,9H2,1H3,(H2,15,16,18). The van der Waals surface area contributed by atoms with Gasteiger partial charge in [0.1, 0.15) is 12.2 Å². The number of carbonyl (C=O) groups excluding carboxylic acids is 2. The van der Waals surface area contributed by atoms with Gasteiger partial charge in [0.25, 0.3) is 0 Å². The fourth-order valence-corrected chi connectivity index (χ4v) is 1.60. The predicted octanol–water partition coefficient (Wildman–Crippen LogP) is 2.64. The average molecular weight is 274 g/mol. The Bertz CT molecular complexity index is 592. The molecule has 1 aromatic heterocycles. The lowest BCUT2D eigenvalue weighted by Gasteiger charge is -2.07. The second-order valence-corrected chi connectivity index (χ2v) is 3.96. The summed E-state index contributed by atoms with van der Waals surface area (Å²) in [4.78, 5) is 23.0. The van der Waals surface area contributed by atoms with Gasteiger partial charge in [-0.25, -0.2) is 4.79 Å². The number of para-hydroxylation sites is 1. The van der Waals surface area contributed by atoms with Crippen LogP contribution in [0.25, 0.3) is 0 Å². The topological polar surface area (TPSA) is 80.6 Å². The van der Waals surface area contributed by atoms with Crippen LogP contribution in [-0.2, 0) is 16.0 Å². The number of anilines is 2. The maximum Gasteiger partial charge on any atom is 0.323 e. The number of esters is 1. The Morgan fingerprint density at radius 3 is 2.60 bits per heavy atom. The van der Waals surface area contributed by atoms with Gasteiger partial charge in [-0.3, -0.25) is 4.79 Å². The zero-order valence-corrected chi connectivity index (χ0v) is 10.9. The first-order chi connectivity index (χ1) is 9.69. The smallest absolute Gasteiger partial charge is 0.323 e. The molecule has 6 heteroatoms. The van der Waals surface area contributed by atoms with Gasteiger partial charge in [-0.15, -0.1) is 0 Å². The third-order valence-electron chi connectivity index (χ3n) is 2.56. The van der Waals surface area contributed by atoms with Crippen LogP contribution in [0.5, 0.6) is 0 Å². The molecular weight excluding hydrogens is 260 g/mol. The summed E-state index contributed by atoms with van der Waals surface area (Å²) in [5, 5.41) is 5.28. The third-order valence-corrected chi connectivity index (χ3v) is 2.56. The lowest BCUT2D eigenvalue weighted by molar-refractivity contribution is -0.140. The third kappa shape index (κ3) is 3.61. The maximum atomic E-state index is 11.8. The molecule has 0 aliphatic carbocycles. The van der Waals surface area contributed by atoms with E-state index in [-0.39, 0.29) is 6.42 Å². The van der Waals surface area contributed by atoms with Crippen LogP contribution in [0, 0.1) is 0 Å². The molecule has 0 bridgehead atoms.